The summed E-state index contributed by atoms with van der Waals surface area (Å²) in [6, 6.07) is 8.12. The van der Waals surface area contributed by atoms with Crippen LogP contribution in [-0.4, -0.2) is 27.1 Å². The molecular formula is C21H27N5O. The first-order valence-electron chi connectivity index (χ1n) is 10.3. The molecule has 6 nitrogen and oxygen atoms in total. The Balaban J connectivity index is 1.23. The van der Waals surface area contributed by atoms with E-state index in [1.54, 1.807) is 0 Å². The first kappa shape index (κ1) is 16.9. The molecule has 3 saturated carbocycles. The third kappa shape index (κ3) is 3.38. The highest BCUT2D eigenvalue weighted by Crippen LogP contribution is 2.42. The zero-order valence-corrected chi connectivity index (χ0v) is 15.5. The molecule has 6 heteroatoms. The number of hydrogen-bond donors (Lipinski definition) is 3. The van der Waals surface area contributed by atoms with E-state index in [1.165, 1.54) is 32.1 Å². The highest BCUT2D eigenvalue weighted by Gasteiger charge is 2.40. The van der Waals surface area contributed by atoms with Gasteiger partial charge in [0.1, 0.15) is 5.82 Å². The summed E-state index contributed by atoms with van der Waals surface area (Å²) < 4.78 is 0. The number of aromatic nitrogens is 3. The van der Waals surface area contributed by atoms with Gasteiger partial charge in [0.15, 0.2) is 5.82 Å². The van der Waals surface area contributed by atoms with Crippen LogP contribution in [0.15, 0.2) is 24.3 Å². The van der Waals surface area contributed by atoms with Gasteiger partial charge in [-0.3, -0.25) is 9.89 Å². The monoisotopic (exact) mass is 365 g/mol. The molecule has 3 fully saturated rings. The molecule has 142 valence electrons. The van der Waals surface area contributed by atoms with Gasteiger partial charge in [0.2, 0.25) is 5.91 Å². The van der Waals surface area contributed by atoms with E-state index in [0.717, 1.165) is 35.7 Å². The van der Waals surface area contributed by atoms with Crippen LogP contribution in [0.25, 0.3) is 11.4 Å². The maximum atomic E-state index is 12.8. The second-order valence-electron chi connectivity index (χ2n) is 8.58. The second-order valence-corrected chi connectivity index (χ2v) is 8.58. The molecule has 3 aliphatic carbocycles. The van der Waals surface area contributed by atoms with Gasteiger partial charge < -0.3 is 11.1 Å². The van der Waals surface area contributed by atoms with Crippen LogP contribution in [0.2, 0.25) is 0 Å². The fraction of sp³-hybridized carbons (Fsp3) is 0.571. The molecule has 0 aliphatic heterocycles. The Kier molecular flexibility index (Phi) is 4.23. The summed E-state index contributed by atoms with van der Waals surface area (Å²) in [7, 11) is 0. The Morgan fingerprint density at radius 2 is 1.78 bits per heavy atom. The van der Waals surface area contributed by atoms with Crippen molar-refractivity contribution in [2.75, 3.05) is 5.32 Å². The van der Waals surface area contributed by atoms with E-state index in [-0.39, 0.29) is 11.8 Å². The van der Waals surface area contributed by atoms with E-state index in [9.17, 15) is 4.79 Å². The largest absolute Gasteiger partial charge is 0.327 e. The summed E-state index contributed by atoms with van der Waals surface area (Å²) in [5.41, 5.74) is 8.15. The minimum atomic E-state index is 0.0916. The molecule has 2 atom stereocenters. The summed E-state index contributed by atoms with van der Waals surface area (Å²) in [5.74, 6) is 3.54. The van der Waals surface area contributed by atoms with E-state index in [4.69, 9.17) is 5.73 Å². The van der Waals surface area contributed by atoms with Crippen molar-refractivity contribution in [1.29, 1.82) is 0 Å². The fourth-order valence-electron chi connectivity index (χ4n) is 4.89. The van der Waals surface area contributed by atoms with E-state index < -0.39 is 0 Å². The summed E-state index contributed by atoms with van der Waals surface area (Å²) in [5, 5.41) is 10.5. The second kappa shape index (κ2) is 6.75. The molecule has 27 heavy (non-hydrogen) atoms. The van der Waals surface area contributed by atoms with Crippen LogP contribution in [0.3, 0.4) is 0 Å². The SMILES string of the molecule is NC1C2CCCC1CC(C(=O)Nc1ccc(-c3n[nH]c(C4CC4)n3)cc1)C2. The minimum absolute atomic E-state index is 0.0916. The molecule has 0 radical (unpaired) electrons. The zero-order chi connectivity index (χ0) is 18.4. The molecule has 1 aromatic carbocycles. The molecule has 1 aromatic heterocycles. The Morgan fingerprint density at radius 3 is 2.44 bits per heavy atom. The third-order valence-electron chi connectivity index (χ3n) is 6.66. The van der Waals surface area contributed by atoms with Crippen molar-refractivity contribution >= 4 is 11.6 Å². The number of fused-ring (bicyclic) bond motifs is 2. The van der Waals surface area contributed by atoms with Crippen molar-refractivity contribution in [2.45, 2.75) is 56.9 Å². The average Bonchev–Trinajstić information content (AvgIpc) is 3.39. The van der Waals surface area contributed by atoms with Crippen molar-refractivity contribution in [2.24, 2.45) is 23.5 Å². The van der Waals surface area contributed by atoms with Crippen molar-refractivity contribution in [1.82, 2.24) is 15.2 Å². The van der Waals surface area contributed by atoms with Gasteiger partial charge in [-0.15, -0.1) is 0 Å². The van der Waals surface area contributed by atoms with Crippen LogP contribution in [0.5, 0.6) is 0 Å². The molecule has 2 unspecified atom stereocenters. The Labute approximate surface area is 159 Å². The molecule has 3 aliphatic rings. The predicted molar refractivity (Wildman–Crippen MR) is 104 cm³/mol. The highest BCUT2D eigenvalue weighted by atomic mass is 16.1. The Hall–Kier alpha value is -2.21. The van der Waals surface area contributed by atoms with Crippen LogP contribution in [0, 0.1) is 17.8 Å². The number of nitrogens with one attached hydrogen (secondary N) is 2. The number of carbonyl (C=O) groups is 1. The maximum absolute atomic E-state index is 12.8. The number of carbonyl (C=O) groups excluding carboxylic acids is 1. The fourth-order valence-corrected chi connectivity index (χ4v) is 4.89. The number of anilines is 1. The van der Waals surface area contributed by atoms with E-state index >= 15 is 0 Å². The number of H-pyrrole nitrogens is 1. The highest BCUT2D eigenvalue weighted by molar-refractivity contribution is 5.92. The van der Waals surface area contributed by atoms with Crippen LogP contribution < -0.4 is 11.1 Å². The number of nitrogens with zero attached hydrogens (tertiary/aromatic N) is 2. The summed E-state index contributed by atoms with van der Waals surface area (Å²) in [6.07, 6.45) is 7.89. The third-order valence-corrected chi connectivity index (χ3v) is 6.66. The van der Waals surface area contributed by atoms with Crippen LogP contribution in [-0.2, 0) is 4.79 Å². The Bertz CT molecular complexity index is 811. The molecule has 4 N–H and O–H groups in total. The average molecular weight is 365 g/mol. The number of nitrogens with two attached hydrogens (primary N) is 1. The molecule has 5 rings (SSSR count). The predicted octanol–water partition coefficient (Wildman–Crippen LogP) is 3.44. The number of benzene rings is 1. The first-order chi connectivity index (χ1) is 13.2. The van der Waals surface area contributed by atoms with Gasteiger partial charge in [-0.2, -0.15) is 5.10 Å². The topological polar surface area (TPSA) is 96.7 Å². The van der Waals surface area contributed by atoms with Crippen molar-refractivity contribution in [3.63, 3.8) is 0 Å². The lowest BCUT2D eigenvalue weighted by Crippen LogP contribution is -2.48. The molecule has 0 spiro atoms. The number of amides is 1. The summed E-state index contributed by atoms with van der Waals surface area (Å²) in [6.45, 7) is 0. The number of rotatable bonds is 4. The lowest BCUT2D eigenvalue weighted by molar-refractivity contribution is -0.122. The normalized spacial score (nSPS) is 30.1. The molecule has 1 heterocycles. The molecule has 0 saturated heterocycles. The van der Waals surface area contributed by atoms with E-state index in [0.29, 0.717) is 23.8 Å². The summed E-state index contributed by atoms with van der Waals surface area (Å²) in [4.78, 5) is 17.3. The van der Waals surface area contributed by atoms with Gasteiger partial charge in [0, 0.05) is 29.1 Å². The first-order valence-corrected chi connectivity index (χ1v) is 10.3. The molecule has 1 amide bonds. The van der Waals surface area contributed by atoms with Gasteiger partial charge in [-0.1, -0.05) is 6.42 Å². The van der Waals surface area contributed by atoms with Crippen LogP contribution in [0.1, 0.15) is 56.7 Å². The minimum Gasteiger partial charge on any atom is -0.327 e. The van der Waals surface area contributed by atoms with Gasteiger partial charge >= 0.3 is 0 Å². The number of aromatic amines is 1. The van der Waals surface area contributed by atoms with E-state index in [1.807, 2.05) is 24.3 Å². The van der Waals surface area contributed by atoms with Gasteiger partial charge in [-0.25, -0.2) is 4.98 Å². The van der Waals surface area contributed by atoms with Crippen molar-refractivity contribution < 1.29 is 4.79 Å². The van der Waals surface area contributed by atoms with Gasteiger partial charge in [0.25, 0.3) is 0 Å². The van der Waals surface area contributed by atoms with Crippen molar-refractivity contribution in [3.8, 4) is 11.4 Å². The van der Waals surface area contributed by atoms with E-state index in [2.05, 4.69) is 20.5 Å². The molecular weight excluding hydrogens is 338 g/mol. The van der Waals surface area contributed by atoms with Crippen LogP contribution in [0.4, 0.5) is 5.69 Å². The lowest BCUT2D eigenvalue weighted by Gasteiger charge is -2.43. The lowest BCUT2D eigenvalue weighted by atomic mass is 9.65. The van der Waals surface area contributed by atoms with Gasteiger partial charge in [-0.05, 0) is 74.6 Å². The Morgan fingerprint density at radius 1 is 1.07 bits per heavy atom. The maximum Gasteiger partial charge on any atom is 0.227 e. The van der Waals surface area contributed by atoms with Gasteiger partial charge in [0.05, 0.1) is 0 Å². The van der Waals surface area contributed by atoms with Crippen LogP contribution >= 0.6 is 0 Å². The van der Waals surface area contributed by atoms with Crippen molar-refractivity contribution in [3.05, 3.63) is 30.1 Å². The smallest absolute Gasteiger partial charge is 0.227 e. The molecule has 2 aromatic rings. The number of hydrogen-bond acceptors (Lipinski definition) is 4. The molecule has 2 bridgehead atoms. The quantitative estimate of drug-likeness (QED) is 0.773. The summed E-state index contributed by atoms with van der Waals surface area (Å²) >= 11 is 0. The standard InChI is InChI=1S/C21H27N5O/c22-18-14-2-1-3-15(18)11-16(10-14)21(27)23-17-8-6-13(7-9-17)20-24-19(25-26-20)12-4-5-12/h6-9,12,14-16,18H,1-5,10-11,22H2,(H,23,27)(H,24,25,26). The zero-order valence-electron chi connectivity index (χ0n) is 15.5.